The third-order valence-electron chi connectivity index (χ3n) is 5.76. The second kappa shape index (κ2) is 8.41. The van der Waals surface area contributed by atoms with Crippen LogP contribution in [-0.2, 0) is 6.54 Å². The van der Waals surface area contributed by atoms with Crippen LogP contribution in [0.15, 0.2) is 48.5 Å². The average Bonchev–Trinajstić information content (AvgIpc) is 3.17. The number of nitrogens with zero attached hydrogens (tertiary/aromatic N) is 1. The first-order chi connectivity index (χ1) is 14.0. The van der Waals surface area contributed by atoms with E-state index in [0.717, 1.165) is 43.4 Å². The number of aromatic nitrogens is 1. The third-order valence-corrected chi connectivity index (χ3v) is 5.76. The Morgan fingerprint density at radius 2 is 1.97 bits per heavy atom. The number of piperidine rings is 1. The summed E-state index contributed by atoms with van der Waals surface area (Å²) in [6, 6.07) is 15.6. The monoisotopic (exact) mass is 391 g/mol. The number of H-pyrrole nitrogens is 1. The molecule has 1 aliphatic rings. The SMILES string of the molecule is CNCc1cccc(C2CCN(C(=O)c3cc4cc(B(O)O)ccc4[nH]3)CC2)c1. The molecule has 0 bridgehead atoms. The first kappa shape index (κ1) is 19.7. The van der Waals surface area contributed by atoms with Crippen molar-refractivity contribution in [2.24, 2.45) is 0 Å². The van der Waals surface area contributed by atoms with Gasteiger partial charge in [-0.3, -0.25) is 4.79 Å². The van der Waals surface area contributed by atoms with Gasteiger partial charge < -0.3 is 25.2 Å². The minimum Gasteiger partial charge on any atom is -0.423 e. The molecule has 0 aliphatic carbocycles. The van der Waals surface area contributed by atoms with Crippen LogP contribution in [0.1, 0.15) is 40.4 Å². The van der Waals surface area contributed by atoms with E-state index in [1.807, 2.05) is 11.9 Å². The number of nitrogens with one attached hydrogen (secondary N) is 2. The van der Waals surface area contributed by atoms with Gasteiger partial charge in [-0.15, -0.1) is 0 Å². The second-order valence-corrected chi connectivity index (χ2v) is 7.75. The fourth-order valence-electron chi connectivity index (χ4n) is 4.17. The van der Waals surface area contributed by atoms with Crippen LogP contribution >= 0.6 is 0 Å². The lowest BCUT2D eigenvalue weighted by atomic mass is 9.80. The van der Waals surface area contributed by atoms with E-state index in [-0.39, 0.29) is 5.91 Å². The summed E-state index contributed by atoms with van der Waals surface area (Å²) in [5.74, 6) is 0.474. The van der Waals surface area contributed by atoms with Gasteiger partial charge in [0.1, 0.15) is 5.69 Å². The van der Waals surface area contributed by atoms with Crippen molar-refractivity contribution >= 4 is 29.4 Å². The molecule has 7 heteroatoms. The molecular weight excluding hydrogens is 365 g/mol. The lowest BCUT2D eigenvalue weighted by Crippen LogP contribution is -2.38. The fraction of sp³-hybridized carbons (Fsp3) is 0.318. The largest absolute Gasteiger partial charge is 0.488 e. The summed E-state index contributed by atoms with van der Waals surface area (Å²) < 4.78 is 0. The molecule has 1 saturated heterocycles. The molecule has 1 aliphatic heterocycles. The maximum Gasteiger partial charge on any atom is 0.488 e. The molecule has 1 amide bonds. The van der Waals surface area contributed by atoms with Gasteiger partial charge in [0, 0.05) is 25.2 Å². The van der Waals surface area contributed by atoms with Crippen LogP contribution in [0, 0.1) is 0 Å². The molecule has 3 aromatic rings. The molecule has 2 heterocycles. The first-order valence-electron chi connectivity index (χ1n) is 10.1. The highest BCUT2D eigenvalue weighted by Crippen LogP contribution is 2.29. The molecule has 0 unspecified atom stereocenters. The average molecular weight is 391 g/mol. The predicted molar refractivity (Wildman–Crippen MR) is 115 cm³/mol. The Bertz CT molecular complexity index is 1010. The van der Waals surface area contributed by atoms with Gasteiger partial charge in [-0.05, 0) is 59.9 Å². The van der Waals surface area contributed by atoms with E-state index in [9.17, 15) is 14.8 Å². The Kier molecular flexibility index (Phi) is 5.71. The van der Waals surface area contributed by atoms with Gasteiger partial charge in [0.15, 0.2) is 0 Å². The summed E-state index contributed by atoms with van der Waals surface area (Å²) in [7, 11) is 0.437. The van der Waals surface area contributed by atoms with Crippen molar-refractivity contribution in [2.45, 2.75) is 25.3 Å². The van der Waals surface area contributed by atoms with Gasteiger partial charge in [-0.25, -0.2) is 0 Å². The number of hydrogen-bond acceptors (Lipinski definition) is 4. The first-order valence-corrected chi connectivity index (χ1v) is 10.1. The highest BCUT2D eigenvalue weighted by molar-refractivity contribution is 6.58. The molecule has 6 nitrogen and oxygen atoms in total. The van der Waals surface area contributed by atoms with Crippen LogP contribution in [-0.4, -0.2) is 53.1 Å². The van der Waals surface area contributed by atoms with E-state index < -0.39 is 7.12 Å². The summed E-state index contributed by atoms with van der Waals surface area (Å²) in [6.07, 6.45) is 1.91. The van der Waals surface area contributed by atoms with E-state index in [0.29, 0.717) is 17.1 Å². The van der Waals surface area contributed by atoms with Crippen LogP contribution in [0.4, 0.5) is 0 Å². The van der Waals surface area contributed by atoms with Crippen molar-refractivity contribution in [3.63, 3.8) is 0 Å². The van der Waals surface area contributed by atoms with E-state index in [2.05, 4.69) is 34.6 Å². The van der Waals surface area contributed by atoms with Gasteiger partial charge in [0.05, 0.1) is 0 Å². The summed E-state index contributed by atoms with van der Waals surface area (Å²) in [4.78, 5) is 18.0. The van der Waals surface area contributed by atoms with E-state index >= 15 is 0 Å². The molecule has 0 spiro atoms. The number of amides is 1. The number of benzene rings is 2. The van der Waals surface area contributed by atoms with Crippen LogP contribution in [0.25, 0.3) is 10.9 Å². The number of hydrogen-bond donors (Lipinski definition) is 4. The Morgan fingerprint density at radius 1 is 1.17 bits per heavy atom. The molecule has 0 saturated carbocycles. The van der Waals surface area contributed by atoms with Gasteiger partial charge in [0.2, 0.25) is 0 Å². The number of carbonyl (C=O) groups excluding carboxylic acids is 1. The molecule has 4 rings (SSSR count). The standard InChI is InChI=1S/C22H26BN3O3/c1-24-14-15-3-2-4-17(11-15)16-7-9-26(10-8-16)22(27)21-13-18-12-19(23(28)29)5-6-20(18)25-21/h2-6,11-13,16,24-25,28-29H,7-10,14H2,1H3. The summed E-state index contributed by atoms with van der Waals surface area (Å²) >= 11 is 0. The Hall–Kier alpha value is -2.61. The van der Waals surface area contributed by atoms with Gasteiger partial charge in [0.25, 0.3) is 5.91 Å². The Balaban J connectivity index is 1.44. The predicted octanol–water partition coefficient (Wildman–Crippen LogP) is 1.59. The third kappa shape index (κ3) is 4.22. The number of fused-ring (bicyclic) bond motifs is 1. The molecule has 0 radical (unpaired) electrons. The van der Waals surface area contributed by atoms with Crippen molar-refractivity contribution in [1.82, 2.24) is 15.2 Å². The molecule has 4 N–H and O–H groups in total. The number of rotatable bonds is 5. The minimum absolute atomic E-state index is 0.00493. The minimum atomic E-state index is -1.51. The summed E-state index contributed by atoms with van der Waals surface area (Å²) in [6.45, 7) is 2.33. The van der Waals surface area contributed by atoms with Gasteiger partial charge >= 0.3 is 7.12 Å². The number of likely N-dealkylation sites (tertiary alicyclic amines) is 1. The Labute approximate surface area is 170 Å². The smallest absolute Gasteiger partial charge is 0.423 e. The fourth-order valence-corrected chi connectivity index (χ4v) is 4.17. The summed E-state index contributed by atoms with van der Waals surface area (Å²) in [5, 5.41) is 22.7. The van der Waals surface area contributed by atoms with Crippen LogP contribution in [0.2, 0.25) is 0 Å². The van der Waals surface area contributed by atoms with Crippen molar-refractivity contribution in [3.8, 4) is 0 Å². The van der Waals surface area contributed by atoms with Crippen LogP contribution in [0.5, 0.6) is 0 Å². The highest BCUT2D eigenvalue weighted by Gasteiger charge is 2.25. The van der Waals surface area contributed by atoms with Gasteiger partial charge in [-0.2, -0.15) is 0 Å². The maximum atomic E-state index is 13.0. The van der Waals surface area contributed by atoms with Crippen LogP contribution < -0.4 is 10.8 Å². The molecule has 29 heavy (non-hydrogen) atoms. The Morgan fingerprint density at radius 3 is 2.69 bits per heavy atom. The van der Waals surface area contributed by atoms with E-state index in [1.54, 1.807) is 24.3 Å². The maximum absolute atomic E-state index is 13.0. The molecule has 2 aromatic carbocycles. The molecule has 1 fully saturated rings. The normalized spacial score (nSPS) is 15.1. The lowest BCUT2D eigenvalue weighted by molar-refractivity contribution is 0.0708. The zero-order valence-electron chi connectivity index (χ0n) is 16.6. The highest BCUT2D eigenvalue weighted by atomic mass is 16.4. The van der Waals surface area contributed by atoms with Gasteiger partial charge in [-0.1, -0.05) is 36.4 Å². The zero-order valence-corrected chi connectivity index (χ0v) is 16.6. The molecular formula is C22H26BN3O3. The number of aromatic amines is 1. The number of carbonyl (C=O) groups is 1. The van der Waals surface area contributed by atoms with Crippen molar-refractivity contribution < 1.29 is 14.8 Å². The van der Waals surface area contributed by atoms with Crippen LogP contribution in [0.3, 0.4) is 0 Å². The quantitative estimate of drug-likeness (QED) is 0.498. The second-order valence-electron chi connectivity index (χ2n) is 7.75. The lowest BCUT2D eigenvalue weighted by Gasteiger charge is -2.32. The zero-order chi connectivity index (χ0) is 20.4. The molecule has 150 valence electrons. The van der Waals surface area contributed by atoms with Crippen molar-refractivity contribution in [2.75, 3.05) is 20.1 Å². The molecule has 0 atom stereocenters. The van der Waals surface area contributed by atoms with Crippen molar-refractivity contribution in [1.29, 1.82) is 0 Å². The summed E-state index contributed by atoms with van der Waals surface area (Å²) in [5.41, 5.74) is 4.41. The van der Waals surface area contributed by atoms with E-state index in [1.165, 1.54) is 11.1 Å². The molecule has 1 aromatic heterocycles. The van der Waals surface area contributed by atoms with E-state index in [4.69, 9.17) is 0 Å². The topological polar surface area (TPSA) is 88.6 Å². The van der Waals surface area contributed by atoms with Crippen molar-refractivity contribution in [3.05, 3.63) is 65.4 Å².